The highest BCUT2D eigenvalue weighted by atomic mass is 16.5. The second-order valence-corrected chi connectivity index (χ2v) is 4.79. The Morgan fingerprint density at radius 1 is 1.60 bits per heavy atom. The molecule has 20 heavy (non-hydrogen) atoms. The summed E-state index contributed by atoms with van der Waals surface area (Å²) in [7, 11) is 0. The fourth-order valence-electron chi connectivity index (χ4n) is 2.36. The molecule has 1 saturated heterocycles. The van der Waals surface area contributed by atoms with Crippen LogP contribution in [0.1, 0.15) is 25.3 Å². The number of nitriles is 1. The molecule has 1 aromatic rings. The number of hydrogen-bond donors (Lipinski definition) is 1. The van der Waals surface area contributed by atoms with E-state index in [1.54, 1.807) is 29.2 Å². The van der Waals surface area contributed by atoms with Gasteiger partial charge in [-0.3, -0.25) is 0 Å². The minimum Gasteiger partial charge on any atom is -0.377 e. The number of nitrogens with one attached hydrogen (secondary N) is 1. The van der Waals surface area contributed by atoms with E-state index in [4.69, 9.17) is 10.00 Å². The van der Waals surface area contributed by atoms with Gasteiger partial charge < -0.3 is 15.0 Å². The highest BCUT2D eigenvalue weighted by Gasteiger charge is 2.23. The Hall–Kier alpha value is -2.06. The summed E-state index contributed by atoms with van der Waals surface area (Å²) in [6.07, 6.45) is 2.09. The van der Waals surface area contributed by atoms with Gasteiger partial charge >= 0.3 is 6.03 Å². The first-order valence-corrected chi connectivity index (χ1v) is 6.90. The van der Waals surface area contributed by atoms with Gasteiger partial charge in [0.25, 0.3) is 0 Å². The second-order valence-electron chi connectivity index (χ2n) is 4.79. The molecule has 2 rings (SSSR count). The summed E-state index contributed by atoms with van der Waals surface area (Å²) in [5, 5.41) is 11.7. The molecular formula is C15H19N3O2. The Morgan fingerprint density at radius 2 is 2.45 bits per heavy atom. The van der Waals surface area contributed by atoms with Crippen LogP contribution in [0.5, 0.6) is 0 Å². The van der Waals surface area contributed by atoms with E-state index in [9.17, 15) is 4.79 Å². The smallest absolute Gasteiger partial charge is 0.321 e. The van der Waals surface area contributed by atoms with E-state index in [0.717, 1.165) is 19.4 Å². The molecule has 0 spiro atoms. The third kappa shape index (κ3) is 3.72. The van der Waals surface area contributed by atoms with Gasteiger partial charge in [0.15, 0.2) is 0 Å². The normalized spacial score (nSPS) is 18.4. The number of anilines is 1. The summed E-state index contributed by atoms with van der Waals surface area (Å²) in [5.74, 6) is 0. The lowest BCUT2D eigenvalue weighted by atomic mass is 10.1. The van der Waals surface area contributed by atoms with Crippen LogP contribution in [-0.4, -0.2) is 36.7 Å². The third-order valence-corrected chi connectivity index (χ3v) is 3.31. The molecule has 1 unspecified atom stereocenters. The lowest BCUT2D eigenvalue weighted by Gasteiger charge is -2.32. The fourth-order valence-corrected chi connectivity index (χ4v) is 2.36. The molecule has 1 aliphatic rings. The van der Waals surface area contributed by atoms with Crippen LogP contribution >= 0.6 is 0 Å². The number of carbonyl (C=O) groups is 1. The molecule has 0 saturated carbocycles. The van der Waals surface area contributed by atoms with Crippen LogP contribution in [0.4, 0.5) is 10.5 Å². The molecule has 1 fully saturated rings. The molecule has 1 aliphatic heterocycles. The Morgan fingerprint density at radius 3 is 3.20 bits per heavy atom. The maximum Gasteiger partial charge on any atom is 0.321 e. The Balaban J connectivity index is 1.95. The number of amides is 2. The Labute approximate surface area is 119 Å². The van der Waals surface area contributed by atoms with E-state index in [2.05, 4.69) is 11.4 Å². The molecule has 1 heterocycles. The maximum atomic E-state index is 12.2. The summed E-state index contributed by atoms with van der Waals surface area (Å²) in [6, 6.07) is 8.84. The van der Waals surface area contributed by atoms with Crippen molar-refractivity contribution < 1.29 is 9.53 Å². The molecular weight excluding hydrogens is 254 g/mol. The molecule has 0 aliphatic carbocycles. The van der Waals surface area contributed by atoms with Gasteiger partial charge in [-0.1, -0.05) is 6.07 Å². The Kier molecular flexibility index (Phi) is 4.97. The molecule has 5 nitrogen and oxygen atoms in total. The van der Waals surface area contributed by atoms with E-state index in [-0.39, 0.29) is 12.1 Å². The van der Waals surface area contributed by atoms with Crippen molar-refractivity contribution >= 4 is 11.7 Å². The molecule has 0 bridgehead atoms. The number of ether oxygens (including phenoxy) is 1. The first kappa shape index (κ1) is 14.4. The van der Waals surface area contributed by atoms with Crippen LogP contribution in [0.2, 0.25) is 0 Å². The van der Waals surface area contributed by atoms with Crippen LogP contribution in [0.3, 0.4) is 0 Å². The van der Waals surface area contributed by atoms with E-state index < -0.39 is 0 Å². The van der Waals surface area contributed by atoms with Gasteiger partial charge in [-0.15, -0.1) is 0 Å². The summed E-state index contributed by atoms with van der Waals surface area (Å²) >= 11 is 0. The first-order chi connectivity index (χ1) is 9.72. The van der Waals surface area contributed by atoms with Gasteiger partial charge in [0.05, 0.1) is 17.7 Å². The zero-order valence-electron chi connectivity index (χ0n) is 11.6. The monoisotopic (exact) mass is 273 g/mol. The van der Waals surface area contributed by atoms with Gasteiger partial charge in [-0.05, 0) is 38.0 Å². The summed E-state index contributed by atoms with van der Waals surface area (Å²) in [4.78, 5) is 14.0. The largest absolute Gasteiger partial charge is 0.377 e. The van der Waals surface area contributed by atoms with Gasteiger partial charge in [-0.25, -0.2) is 4.79 Å². The van der Waals surface area contributed by atoms with Crippen LogP contribution in [0.15, 0.2) is 24.3 Å². The minimum absolute atomic E-state index is 0.130. The van der Waals surface area contributed by atoms with Crippen LogP contribution < -0.4 is 5.32 Å². The molecule has 0 aromatic heterocycles. The number of carbonyl (C=O) groups excluding carboxylic acids is 1. The summed E-state index contributed by atoms with van der Waals surface area (Å²) in [6.45, 7) is 4.00. The quantitative estimate of drug-likeness (QED) is 0.920. The lowest BCUT2D eigenvalue weighted by Crippen LogP contribution is -2.45. The van der Waals surface area contributed by atoms with Gasteiger partial charge in [-0.2, -0.15) is 5.26 Å². The predicted octanol–water partition coefficient (Wildman–Crippen LogP) is 2.59. The molecule has 1 atom stereocenters. The number of benzene rings is 1. The van der Waals surface area contributed by atoms with E-state index in [1.165, 1.54) is 0 Å². The third-order valence-electron chi connectivity index (χ3n) is 3.31. The molecule has 5 heteroatoms. The van der Waals surface area contributed by atoms with Gasteiger partial charge in [0.1, 0.15) is 0 Å². The fraction of sp³-hybridized carbons (Fsp3) is 0.467. The molecule has 1 N–H and O–H groups in total. The first-order valence-electron chi connectivity index (χ1n) is 6.90. The lowest BCUT2D eigenvalue weighted by molar-refractivity contribution is 0.0181. The van der Waals surface area contributed by atoms with Crippen molar-refractivity contribution in [3.05, 3.63) is 29.8 Å². The zero-order valence-corrected chi connectivity index (χ0v) is 11.6. The number of piperidine rings is 1. The number of likely N-dealkylation sites (tertiary alicyclic amines) is 1. The molecule has 2 amide bonds. The second kappa shape index (κ2) is 6.92. The van der Waals surface area contributed by atoms with E-state index in [0.29, 0.717) is 24.4 Å². The highest BCUT2D eigenvalue weighted by Crippen LogP contribution is 2.16. The van der Waals surface area contributed by atoms with Crippen molar-refractivity contribution in [3.63, 3.8) is 0 Å². The number of hydrogen-bond acceptors (Lipinski definition) is 3. The van der Waals surface area contributed by atoms with Crippen LogP contribution in [0.25, 0.3) is 0 Å². The standard InChI is InChI=1S/C15H19N3O2/c1-2-20-14-7-4-8-18(11-14)15(19)17-13-6-3-5-12(9-13)10-16/h3,5-6,9,14H,2,4,7-8,11H2,1H3,(H,17,19). The van der Waals surface area contributed by atoms with Crippen molar-refractivity contribution in [2.75, 3.05) is 25.0 Å². The van der Waals surface area contributed by atoms with E-state index >= 15 is 0 Å². The van der Waals surface area contributed by atoms with E-state index in [1.807, 2.05) is 6.92 Å². The SMILES string of the molecule is CCOC1CCCN(C(=O)Nc2cccc(C#N)c2)C1. The van der Waals surface area contributed by atoms with Crippen LogP contribution in [0, 0.1) is 11.3 Å². The van der Waals surface area contributed by atoms with Gasteiger partial charge in [0.2, 0.25) is 0 Å². The van der Waals surface area contributed by atoms with Crippen molar-refractivity contribution in [2.45, 2.75) is 25.9 Å². The molecule has 0 radical (unpaired) electrons. The van der Waals surface area contributed by atoms with Crippen molar-refractivity contribution in [3.8, 4) is 6.07 Å². The number of rotatable bonds is 3. The number of nitrogens with zero attached hydrogens (tertiary/aromatic N) is 2. The maximum absolute atomic E-state index is 12.2. The summed E-state index contributed by atoms with van der Waals surface area (Å²) in [5.41, 5.74) is 1.18. The van der Waals surface area contributed by atoms with Gasteiger partial charge in [0, 0.05) is 25.4 Å². The zero-order chi connectivity index (χ0) is 14.4. The average molecular weight is 273 g/mol. The topological polar surface area (TPSA) is 65.4 Å². The average Bonchev–Trinajstić information content (AvgIpc) is 2.48. The molecule has 1 aromatic carbocycles. The van der Waals surface area contributed by atoms with Crippen molar-refractivity contribution in [2.24, 2.45) is 0 Å². The Bertz CT molecular complexity index is 508. The van der Waals surface area contributed by atoms with Crippen molar-refractivity contribution in [1.82, 2.24) is 4.90 Å². The van der Waals surface area contributed by atoms with Crippen molar-refractivity contribution in [1.29, 1.82) is 5.26 Å². The minimum atomic E-state index is -0.135. The molecule has 106 valence electrons. The highest BCUT2D eigenvalue weighted by molar-refractivity contribution is 5.89. The number of urea groups is 1. The summed E-state index contributed by atoms with van der Waals surface area (Å²) < 4.78 is 5.59. The van der Waals surface area contributed by atoms with Crippen LogP contribution in [-0.2, 0) is 4.74 Å². The predicted molar refractivity (Wildman–Crippen MR) is 76.4 cm³/mol.